The van der Waals surface area contributed by atoms with Crippen LogP contribution in [0.15, 0.2) is 35.5 Å². The van der Waals surface area contributed by atoms with Crippen LogP contribution in [0.3, 0.4) is 0 Å². The maximum atomic E-state index is 12.3. The first kappa shape index (κ1) is 15.3. The number of hydrogen-bond acceptors (Lipinski definition) is 5. The Balaban J connectivity index is 2.19. The van der Waals surface area contributed by atoms with Gasteiger partial charge in [-0.05, 0) is 30.9 Å². The first-order valence-electron chi connectivity index (χ1n) is 6.56. The molecule has 0 aliphatic carbocycles. The fourth-order valence-corrected chi connectivity index (χ4v) is 2.38. The number of anilines is 1. The van der Waals surface area contributed by atoms with Gasteiger partial charge < -0.3 is 10.1 Å². The van der Waals surface area contributed by atoms with E-state index in [1.54, 1.807) is 25.3 Å². The van der Waals surface area contributed by atoms with Crippen LogP contribution in [0.2, 0.25) is 0 Å². The second-order valence-electron chi connectivity index (χ2n) is 4.30. The second-order valence-corrected chi connectivity index (χ2v) is 5.53. The Kier molecular flexibility index (Phi) is 5.16. The highest BCUT2D eigenvalue weighted by Crippen LogP contribution is 2.18. The van der Waals surface area contributed by atoms with E-state index in [-0.39, 0.29) is 5.91 Å². The number of aryl methyl sites for hydroxylation is 1. The van der Waals surface area contributed by atoms with Crippen molar-refractivity contribution in [3.63, 3.8) is 0 Å². The topological polar surface area (TPSA) is 64.1 Å². The van der Waals surface area contributed by atoms with Gasteiger partial charge in [-0.2, -0.15) is 0 Å². The zero-order valence-corrected chi connectivity index (χ0v) is 13.0. The molecule has 0 atom stereocenters. The Labute approximate surface area is 128 Å². The van der Waals surface area contributed by atoms with E-state index in [1.807, 2.05) is 26.0 Å². The van der Waals surface area contributed by atoms with Crippen molar-refractivity contribution in [1.29, 1.82) is 0 Å². The molecule has 2 aromatic rings. The highest BCUT2D eigenvalue weighted by molar-refractivity contribution is 7.99. The summed E-state index contributed by atoms with van der Waals surface area (Å²) in [7, 11) is 1.59. The van der Waals surface area contributed by atoms with Crippen molar-refractivity contribution >= 4 is 23.4 Å². The molecular weight excluding hydrogens is 286 g/mol. The van der Waals surface area contributed by atoms with Gasteiger partial charge in [0, 0.05) is 17.4 Å². The molecule has 0 saturated heterocycles. The summed E-state index contributed by atoms with van der Waals surface area (Å²) in [5.41, 5.74) is 1.80. The minimum atomic E-state index is -0.258. The van der Waals surface area contributed by atoms with Gasteiger partial charge in [-0.15, -0.1) is 0 Å². The van der Waals surface area contributed by atoms with Crippen LogP contribution in [0.5, 0.6) is 5.75 Å². The third kappa shape index (κ3) is 4.19. The highest BCUT2D eigenvalue weighted by atomic mass is 32.2. The number of methoxy groups -OCH3 is 1. The Morgan fingerprint density at radius 3 is 2.86 bits per heavy atom. The number of nitrogens with one attached hydrogen (secondary N) is 1. The highest BCUT2D eigenvalue weighted by Gasteiger charge is 2.11. The number of aromatic nitrogens is 2. The maximum Gasteiger partial charge on any atom is 0.274 e. The summed E-state index contributed by atoms with van der Waals surface area (Å²) in [4.78, 5) is 20.8. The monoisotopic (exact) mass is 303 g/mol. The number of rotatable bonds is 5. The van der Waals surface area contributed by atoms with Crippen molar-refractivity contribution in [2.45, 2.75) is 19.0 Å². The van der Waals surface area contributed by atoms with Gasteiger partial charge in [0.15, 0.2) is 5.16 Å². The van der Waals surface area contributed by atoms with Crippen LogP contribution in [-0.4, -0.2) is 28.7 Å². The van der Waals surface area contributed by atoms with E-state index in [2.05, 4.69) is 15.3 Å². The van der Waals surface area contributed by atoms with Gasteiger partial charge in [0.2, 0.25) is 0 Å². The molecule has 2 rings (SSSR count). The molecule has 1 heterocycles. The van der Waals surface area contributed by atoms with E-state index >= 15 is 0 Å². The number of ether oxygens (including phenoxy) is 1. The number of nitrogens with zero attached hydrogens (tertiary/aromatic N) is 2. The molecule has 0 saturated carbocycles. The largest absolute Gasteiger partial charge is 0.497 e. The van der Waals surface area contributed by atoms with Crippen LogP contribution in [0.25, 0.3) is 0 Å². The maximum absolute atomic E-state index is 12.3. The lowest BCUT2D eigenvalue weighted by molar-refractivity contribution is 0.102. The second kappa shape index (κ2) is 7.08. The number of carbonyl (C=O) groups is 1. The minimum Gasteiger partial charge on any atom is -0.497 e. The van der Waals surface area contributed by atoms with Gasteiger partial charge in [-0.3, -0.25) is 4.79 Å². The molecule has 0 fully saturated rings. The summed E-state index contributed by atoms with van der Waals surface area (Å²) in [6.07, 6.45) is 0. The van der Waals surface area contributed by atoms with Crippen LogP contribution in [0.4, 0.5) is 5.69 Å². The van der Waals surface area contributed by atoms with Gasteiger partial charge in [0.25, 0.3) is 5.91 Å². The van der Waals surface area contributed by atoms with Gasteiger partial charge >= 0.3 is 0 Å². The summed E-state index contributed by atoms with van der Waals surface area (Å²) < 4.78 is 5.13. The molecule has 0 radical (unpaired) electrons. The molecule has 0 unspecified atom stereocenters. The first-order chi connectivity index (χ1) is 10.1. The Bertz CT molecular complexity index is 647. The van der Waals surface area contributed by atoms with E-state index in [4.69, 9.17) is 4.74 Å². The molecule has 0 aliphatic rings. The molecule has 1 aromatic carbocycles. The lowest BCUT2D eigenvalue weighted by Gasteiger charge is -2.08. The summed E-state index contributed by atoms with van der Waals surface area (Å²) in [6.45, 7) is 3.87. The zero-order chi connectivity index (χ0) is 15.2. The number of benzene rings is 1. The van der Waals surface area contributed by atoms with Crippen molar-refractivity contribution in [2.75, 3.05) is 18.2 Å². The van der Waals surface area contributed by atoms with Gasteiger partial charge in [-0.25, -0.2) is 9.97 Å². The van der Waals surface area contributed by atoms with Crippen molar-refractivity contribution in [1.82, 2.24) is 9.97 Å². The Morgan fingerprint density at radius 2 is 2.14 bits per heavy atom. The normalized spacial score (nSPS) is 10.2. The van der Waals surface area contributed by atoms with Crippen molar-refractivity contribution in [3.05, 3.63) is 41.7 Å². The fourth-order valence-electron chi connectivity index (χ4n) is 1.75. The molecule has 1 aromatic heterocycles. The molecule has 0 bridgehead atoms. The summed E-state index contributed by atoms with van der Waals surface area (Å²) in [5.74, 6) is 1.29. The standard InChI is InChI=1S/C15H17N3O2S/c1-4-21-15-16-10(2)8-13(18-15)14(19)17-11-6-5-7-12(9-11)20-3/h5-9H,4H2,1-3H3,(H,17,19). The SMILES string of the molecule is CCSc1nc(C)cc(C(=O)Nc2cccc(OC)c2)n1. The molecule has 5 nitrogen and oxygen atoms in total. The van der Waals surface area contributed by atoms with Crippen LogP contribution < -0.4 is 10.1 Å². The number of hydrogen-bond donors (Lipinski definition) is 1. The van der Waals surface area contributed by atoms with Crippen molar-refractivity contribution in [3.8, 4) is 5.75 Å². The third-order valence-corrected chi connectivity index (χ3v) is 3.40. The summed E-state index contributed by atoms with van der Waals surface area (Å²) in [6, 6.07) is 8.87. The van der Waals surface area contributed by atoms with E-state index in [0.29, 0.717) is 22.3 Å². The molecule has 1 N–H and O–H groups in total. The van der Waals surface area contributed by atoms with E-state index in [9.17, 15) is 4.79 Å². The van der Waals surface area contributed by atoms with E-state index < -0.39 is 0 Å². The smallest absolute Gasteiger partial charge is 0.274 e. The quantitative estimate of drug-likeness (QED) is 0.679. The Hall–Kier alpha value is -2.08. The molecule has 0 aliphatic heterocycles. The van der Waals surface area contributed by atoms with Crippen LogP contribution in [0, 0.1) is 6.92 Å². The van der Waals surface area contributed by atoms with E-state index in [1.165, 1.54) is 11.8 Å². The van der Waals surface area contributed by atoms with Crippen LogP contribution in [0.1, 0.15) is 23.1 Å². The Morgan fingerprint density at radius 1 is 1.33 bits per heavy atom. The zero-order valence-electron chi connectivity index (χ0n) is 12.2. The molecule has 0 spiro atoms. The van der Waals surface area contributed by atoms with Gasteiger partial charge in [0.05, 0.1) is 7.11 Å². The average molecular weight is 303 g/mol. The summed E-state index contributed by atoms with van der Waals surface area (Å²) >= 11 is 1.51. The van der Waals surface area contributed by atoms with Gasteiger partial charge in [-0.1, -0.05) is 24.8 Å². The molecule has 21 heavy (non-hydrogen) atoms. The first-order valence-corrected chi connectivity index (χ1v) is 7.55. The summed E-state index contributed by atoms with van der Waals surface area (Å²) in [5, 5.41) is 3.43. The lowest BCUT2D eigenvalue weighted by atomic mass is 10.2. The third-order valence-electron chi connectivity index (χ3n) is 2.67. The van der Waals surface area contributed by atoms with Crippen LogP contribution in [-0.2, 0) is 0 Å². The van der Waals surface area contributed by atoms with Crippen molar-refractivity contribution < 1.29 is 9.53 Å². The number of amides is 1. The predicted molar refractivity (Wildman–Crippen MR) is 84.1 cm³/mol. The number of thioether (sulfide) groups is 1. The van der Waals surface area contributed by atoms with Crippen molar-refractivity contribution in [2.24, 2.45) is 0 Å². The minimum absolute atomic E-state index is 0.258. The predicted octanol–water partition coefficient (Wildman–Crippen LogP) is 3.16. The van der Waals surface area contributed by atoms with Gasteiger partial charge in [0.1, 0.15) is 11.4 Å². The molecule has 6 heteroatoms. The van der Waals surface area contributed by atoms with Crippen LogP contribution >= 0.6 is 11.8 Å². The van der Waals surface area contributed by atoms with E-state index in [0.717, 1.165) is 11.4 Å². The molecule has 1 amide bonds. The lowest BCUT2D eigenvalue weighted by Crippen LogP contribution is -2.15. The fraction of sp³-hybridized carbons (Fsp3) is 0.267. The average Bonchev–Trinajstić information content (AvgIpc) is 2.47. The molecular formula is C15H17N3O2S. The molecule has 110 valence electrons. The number of carbonyl (C=O) groups excluding carboxylic acids is 1.